The Labute approximate surface area is 155 Å². The summed E-state index contributed by atoms with van der Waals surface area (Å²) in [7, 11) is 0. The van der Waals surface area contributed by atoms with Gasteiger partial charge in [-0.05, 0) is 42.5 Å². The normalized spacial score (nSPS) is 10.7. The van der Waals surface area contributed by atoms with E-state index in [2.05, 4.69) is 25.6 Å². The molecule has 4 N–H and O–H groups in total. The largest absolute Gasteiger partial charge is 0.393 e. The quantitative estimate of drug-likeness (QED) is 0.485. The molecule has 2 aromatic heterocycles. The van der Waals surface area contributed by atoms with Crippen LogP contribution in [0.15, 0.2) is 67.1 Å². The van der Waals surface area contributed by atoms with Crippen LogP contribution in [0.5, 0.6) is 0 Å². The second-order valence-corrected chi connectivity index (χ2v) is 6.06. The van der Waals surface area contributed by atoms with Gasteiger partial charge in [0.15, 0.2) is 11.6 Å². The Hall–Kier alpha value is -3.38. The Morgan fingerprint density at radius 2 is 1.65 bits per heavy atom. The fourth-order valence-corrected chi connectivity index (χ4v) is 2.83. The van der Waals surface area contributed by atoms with E-state index in [-0.39, 0.29) is 0 Å². The van der Waals surface area contributed by atoms with Crippen molar-refractivity contribution in [3.63, 3.8) is 0 Å². The molecule has 0 aliphatic heterocycles. The van der Waals surface area contributed by atoms with E-state index in [1.54, 1.807) is 18.3 Å². The Balaban J connectivity index is 1.67. The molecule has 4 rings (SSSR count). The highest BCUT2D eigenvalue weighted by Gasteiger charge is 2.10. The zero-order chi connectivity index (χ0) is 17.9. The van der Waals surface area contributed by atoms with Gasteiger partial charge in [0.1, 0.15) is 12.0 Å². The highest BCUT2D eigenvalue weighted by molar-refractivity contribution is 6.30. The lowest BCUT2D eigenvalue weighted by atomic mass is 10.2. The highest BCUT2D eigenvalue weighted by atomic mass is 35.5. The van der Waals surface area contributed by atoms with Crippen molar-refractivity contribution in [3.8, 4) is 0 Å². The first-order chi connectivity index (χ1) is 12.7. The molecule has 6 nitrogen and oxygen atoms in total. The maximum Gasteiger partial charge on any atom is 0.159 e. The average Bonchev–Trinajstić information content (AvgIpc) is 2.65. The number of nitrogen functional groups attached to an aromatic ring is 1. The van der Waals surface area contributed by atoms with Crippen molar-refractivity contribution in [2.75, 3.05) is 16.4 Å². The predicted molar refractivity (Wildman–Crippen MR) is 106 cm³/mol. The van der Waals surface area contributed by atoms with Gasteiger partial charge in [-0.15, -0.1) is 0 Å². The van der Waals surface area contributed by atoms with E-state index in [0.717, 1.165) is 22.3 Å². The zero-order valence-electron chi connectivity index (χ0n) is 13.6. The third-order valence-electron chi connectivity index (χ3n) is 3.87. The number of fused-ring (bicyclic) bond motifs is 1. The molecule has 0 spiro atoms. The minimum absolute atomic E-state index is 0.411. The van der Waals surface area contributed by atoms with Gasteiger partial charge in [0.2, 0.25) is 0 Å². The Morgan fingerprint density at radius 1 is 0.846 bits per heavy atom. The fraction of sp³-hybridized carbons (Fsp3) is 0. The second kappa shape index (κ2) is 6.85. The molecule has 7 heteroatoms. The lowest BCUT2D eigenvalue weighted by Gasteiger charge is -2.13. The van der Waals surface area contributed by atoms with Gasteiger partial charge in [-0.2, -0.15) is 0 Å². The third kappa shape index (κ3) is 3.22. The zero-order valence-corrected chi connectivity index (χ0v) is 14.4. The number of nitrogens with zero attached hydrogens (tertiary/aromatic N) is 3. The molecule has 128 valence electrons. The molecule has 2 heterocycles. The fourth-order valence-electron chi connectivity index (χ4n) is 2.64. The van der Waals surface area contributed by atoms with Crippen molar-refractivity contribution >= 4 is 51.2 Å². The van der Waals surface area contributed by atoms with Crippen LogP contribution >= 0.6 is 11.6 Å². The molecule has 2 aromatic carbocycles. The first kappa shape index (κ1) is 16.1. The van der Waals surface area contributed by atoms with Crippen LogP contribution in [-0.4, -0.2) is 15.0 Å². The molecule has 0 fully saturated rings. The van der Waals surface area contributed by atoms with Crippen LogP contribution in [-0.2, 0) is 0 Å². The second-order valence-electron chi connectivity index (χ2n) is 5.62. The van der Waals surface area contributed by atoms with Gasteiger partial charge in [0.05, 0.1) is 5.52 Å². The Kier molecular flexibility index (Phi) is 4.25. The summed E-state index contributed by atoms with van der Waals surface area (Å²) < 4.78 is 0. The van der Waals surface area contributed by atoms with Gasteiger partial charge in [0.25, 0.3) is 0 Å². The van der Waals surface area contributed by atoms with E-state index in [0.29, 0.717) is 22.3 Å². The number of halogens is 1. The molecule has 0 aliphatic carbocycles. The molecule has 0 radical (unpaired) electrons. The molecular formula is C19H15ClN6. The first-order valence-corrected chi connectivity index (χ1v) is 8.32. The van der Waals surface area contributed by atoms with Crippen molar-refractivity contribution in [1.82, 2.24) is 15.0 Å². The minimum Gasteiger partial charge on any atom is -0.393 e. The van der Waals surface area contributed by atoms with Crippen LogP contribution in [0.4, 0.5) is 28.7 Å². The number of nitrogens with two attached hydrogens (primary N) is 1. The van der Waals surface area contributed by atoms with Crippen LogP contribution in [0.2, 0.25) is 5.02 Å². The maximum absolute atomic E-state index is 6.26. The number of hydrogen-bond acceptors (Lipinski definition) is 6. The van der Waals surface area contributed by atoms with E-state index < -0.39 is 0 Å². The lowest BCUT2D eigenvalue weighted by molar-refractivity contribution is 1.17. The molecule has 0 saturated carbocycles. The van der Waals surface area contributed by atoms with Crippen LogP contribution in [0, 0.1) is 0 Å². The molecule has 4 aromatic rings. The van der Waals surface area contributed by atoms with Crippen LogP contribution in [0.25, 0.3) is 10.9 Å². The molecular weight excluding hydrogens is 348 g/mol. The molecule has 0 unspecified atom stereocenters. The number of anilines is 5. The van der Waals surface area contributed by atoms with Gasteiger partial charge >= 0.3 is 0 Å². The molecule has 0 atom stereocenters. The molecule has 0 amide bonds. The van der Waals surface area contributed by atoms with Crippen molar-refractivity contribution < 1.29 is 0 Å². The molecule has 0 saturated heterocycles. The van der Waals surface area contributed by atoms with Gasteiger partial charge in [-0.25, -0.2) is 9.97 Å². The number of pyridine rings is 1. The minimum atomic E-state index is 0.411. The van der Waals surface area contributed by atoms with Gasteiger partial charge in [-0.3, -0.25) is 4.98 Å². The van der Waals surface area contributed by atoms with Gasteiger partial charge < -0.3 is 16.4 Å². The number of rotatable bonds is 4. The van der Waals surface area contributed by atoms with Crippen molar-refractivity contribution in [1.29, 1.82) is 0 Å². The average molecular weight is 363 g/mol. The van der Waals surface area contributed by atoms with Gasteiger partial charge in [-0.1, -0.05) is 23.7 Å². The van der Waals surface area contributed by atoms with Crippen molar-refractivity contribution in [2.45, 2.75) is 0 Å². The van der Waals surface area contributed by atoms with Crippen molar-refractivity contribution in [2.24, 2.45) is 0 Å². The standard InChI is InChI=1S/C19H15ClN6/c20-12-4-1-5-13(10-12)25-18-17(21)19(24-11-23-18)26-16-8-2-7-15-14(16)6-3-9-22-15/h1-11H,21H2,(H2,23,24,25,26). The van der Waals surface area contributed by atoms with Crippen molar-refractivity contribution in [3.05, 3.63) is 72.1 Å². The topological polar surface area (TPSA) is 88.8 Å². The summed E-state index contributed by atoms with van der Waals surface area (Å²) in [5, 5.41) is 8.05. The summed E-state index contributed by atoms with van der Waals surface area (Å²) in [6.45, 7) is 0. The smallest absolute Gasteiger partial charge is 0.159 e. The Bertz CT molecular complexity index is 1080. The number of nitrogens with one attached hydrogen (secondary N) is 2. The highest BCUT2D eigenvalue weighted by Crippen LogP contribution is 2.31. The number of hydrogen-bond donors (Lipinski definition) is 3. The summed E-state index contributed by atoms with van der Waals surface area (Å²) in [6, 6.07) is 17.1. The summed E-state index contributed by atoms with van der Waals surface area (Å²) in [4.78, 5) is 12.9. The number of benzene rings is 2. The predicted octanol–water partition coefficient (Wildman–Crippen LogP) is 4.75. The summed E-state index contributed by atoms with van der Waals surface area (Å²) in [5.41, 5.74) is 9.23. The number of aromatic nitrogens is 3. The van der Waals surface area contributed by atoms with Gasteiger partial charge in [0, 0.05) is 28.0 Å². The SMILES string of the molecule is Nc1c(Nc2cccc(Cl)c2)ncnc1Nc1cccc2ncccc12. The summed E-state index contributed by atoms with van der Waals surface area (Å²) >= 11 is 6.02. The summed E-state index contributed by atoms with van der Waals surface area (Å²) in [6.07, 6.45) is 3.22. The van der Waals surface area contributed by atoms with E-state index in [1.165, 1.54) is 6.33 Å². The maximum atomic E-state index is 6.26. The van der Waals surface area contributed by atoms with E-state index in [1.807, 2.05) is 42.5 Å². The molecule has 0 bridgehead atoms. The lowest BCUT2D eigenvalue weighted by Crippen LogP contribution is -2.05. The van der Waals surface area contributed by atoms with Crippen LogP contribution in [0.1, 0.15) is 0 Å². The first-order valence-electron chi connectivity index (χ1n) is 7.94. The van der Waals surface area contributed by atoms with E-state index >= 15 is 0 Å². The van der Waals surface area contributed by atoms with Crippen LogP contribution < -0.4 is 16.4 Å². The molecule has 26 heavy (non-hydrogen) atoms. The summed E-state index contributed by atoms with van der Waals surface area (Å²) in [5.74, 6) is 1.02. The Morgan fingerprint density at radius 3 is 2.50 bits per heavy atom. The van der Waals surface area contributed by atoms with Crippen LogP contribution in [0.3, 0.4) is 0 Å². The third-order valence-corrected chi connectivity index (χ3v) is 4.11. The molecule has 0 aliphatic rings. The monoisotopic (exact) mass is 362 g/mol. The van der Waals surface area contributed by atoms with E-state index in [4.69, 9.17) is 17.3 Å². The van der Waals surface area contributed by atoms with E-state index in [9.17, 15) is 0 Å².